The molecule has 0 saturated heterocycles. The van der Waals surface area contributed by atoms with E-state index >= 15 is 0 Å². The minimum absolute atomic E-state index is 0.234. The molecule has 0 radical (unpaired) electrons. The average Bonchev–Trinajstić information content (AvgIpc) is 3.49. The van der Waals surface area contributed by atoms with Gasteiger partial charge in [-0.2, -0.15) is 4.98 Å². The van der Waals surface area contributed by atoms with E-state index in [1.807, 2.05) is 49.4 Å². The van der Waals surface area contributed by atoms with Crippen molar-refractivity contribution in [2.24, 2.45) is 5.92 Å². The summed E-state index contributed by atoms with van der Waals surface area (Å²) in [5, 5.41) is 17.5. The highest BCUT2D eigenvalue weighted by Gasteiger charge is 2.26. The summed E-state index contributed by atoms with van der Waals surface area (Å²) in [5.41, 5.74) is 3.83. The van der Waals surface area contributed by atoms with Gasteiger partial charge in [0.1, 0.15) is 16.6 Å². The van der Waals surface area contributed by atoms with Crippen LogP contribution in [0.2, 0.25) is 0 Å². The predicted molar refractivity (Wildman–Crippen MR) is 138 cm³/mol. The Hall–Kier alpha value is -3.23. The summed E-state index contributed by atoms with van der Waals surface area (Å²) in [6.07, 6.45) is 2.97. The number of anilines is 2. The van der Waals surface area contributed by atoms with Gasteiger partial charge in [-0.1, -0.05) is 30.3 Å². The molecule has 0 spiro atoms. The molecule has 1 fully saturated rings. The van der Waals surface area contributed by atoms with Crippen LogP contribution in [0.3, 0.4) is 0 Å². The summed E-state index contributed by atoms with van der Waals surface area (Å²) in [6.45, 7) is 2.80. The molecule has 0 bridgehead atoms. The maximum absolute atomic E-state index is 9.59. The quantitative estimate of drug-likeness (QED) is 0.320. The van der Waals surface area contributed by atoms with Gasteiger partial charge in [-0.3, -0.25) is 0 Å². The second-order valence-electron chi connectivity index (χ2n) is 8.71. The number of nitrogens with zero attached hydrogens (tertiary/aromatic N) is 3. The molecule has 2 atom stereocenters. The van der Waals surface area contributed by atoms with Crippen molar-refractivity contribution in [3.05, 3.63) is 59.8 Å². The van der Waals surface area contributed by atoms with E-state index in [4.69, 9.17) is 19.7 Å². The number of hydrogen-bond donors (Lipinski definition) is 3. The summed E-state index contributed by atoms with van der Waals surface area (Å²) in [7, 11) is 1.68. The Kier molecular flexibility index (Phi) is 6.60. The summed E-state index contributed by atoms with van der Waals surface area (Å²) < 4.78 is 6.62. The lowest BCUT2D eigenvalue weighted by atomic mass is 10.1. The van der Waals surface area contributed by atoms with Gasteiger partial charge < -0.3 is 20.5 Å². The van der Waals surface area contributed by atoms with Gasteiger partial charge in [-0.25, -0.2) is 9.97 Å². The normalized spacial score (nSPS) is 17.7. The Morgan fingerprint density at radius 1 is 1.06 bits per heavy atom. The molecule has 1 aliphatic rings. The number of aromatic nitrogens is 3. The molecule has 1 saturated carbocycles. The fourth-order valence-electron chi connectivity index (χ4n) is 4.58. The third-order valence-corrected chi connectivity index (χ3v) is 7.42. The van der Waals surface area contributed by atoms with Crippen LogP contribution < -0.4 is 15.4 Å². The Labute approximate surface area is 203 Å². The molecule has 2 heterocycles. The van der Waals surface area contributed by atoms with Gasteiger partial charge in [0, 0.05) is 24.8 Å². The third-order valence-electron chi connectivity index (χ3n) is 6.37. The van der Waals surface area contributed by atoms with E-state index < -0.39 is 0 Å². The summed E-state index contributed by atoms with van der Waals surface area (Å²) in [4.78, 5) is 14.6. The van der Waals surface area contributed by atoms with Crippen LogP contribution in [0.15, 0.2) is 48.5 Å². The van der Waals surface area contributed by atoms with Crippen molar-refractivity contribution in [1.82, 2.24) is 15.0 Å². The number of fused-ring (bicyclic) bond motifs is 1. The maximum atomic E-state index is 9.59. The second-order valence-corrected chi connectivity index (χ2v) is 9.74. The zero-order chi connectivity index (χ0) is 23.5. The van der Waals surface area contributed by atoms with Gasteiger partial charge in [-0.05, 0) is 50.3 Å². The number of methoxy groups -OCH3 is 1. The zero-order valence-corrected chi connectivity index (χ0v) is 20.2. The molecule has 7 nitrogen and oxygen atoms in total. The van der Waals surface area contributed by atoms with Crippen LogP contribution in [0.4, 0.5) is 11.8 Å². The van der Waals surface area contributed by atoms with Crippen LogP contribution >= 0.6 is 11.3 Å². The van der Waals surface area contributed by atoms with Crippen LogP contribution in [-0.4, -0.2) is 39.8 Å². The number of thiazole rings is 1. The van der Waals surface area contributed by atoms with E-state index in [2.05, 4.69) is 16.7 Å². The molecule has 5 rings (SSSR count). The second kappa shape index (κ2) is 9.95. The fourth-order valence-corrected chi connectivity index (χ4v) is 5.64. The van der Waals surface area contributed by atoms with E-state index in [0.717, 1.165) is 62.9 Å². The number of nitrogens with one attached hydrogen (secondary N) is 2. The highest BCUT2D eigenvalue weighted by molar-refractivity contribution is 7.21. The first-order chi connectivity index (χ1) is 16.6. The van der Waals surface area contributed by atoms with Crippen LogP contribution in [0.5, 0.6) is 5.75 Å². The van der Waals surface area contributed by atoms with Gasteiger partial charge in [0.25, 0.3) is 0 Å². The van der Waals surface area contributed by atoms with Gasteiger partial charge in [0.05, 0.1) is 28.6 Å². The first-order valence-electron chi connectivity index (χ1n) is 11.6. The van der Waals surface area contributed by atoms with E-state index in [1.54, 1.807) is 18.4 Å². The Morgan fingerprint density at radius 3 is 2.68 bits per heavy atom. The van der Waals surface area contributed by atoms with Gasteiger partial charge in [0.2, 0.25) is 5.95 Å². The maximum Gasteiger partial charge on any atom is 0.225 e. The summed E-state index contributed by atoms with van der Waals surface area (Å²) >= 11 is 1.65. The highest BCUT2D eigenvalue weighted by Crippen LogP contribution is 2.38. The molecule has 34 heavy (non-hydrogen) atoms. The van der Waals surface area contributed by atoms with Crippen molar-refractivity contribution in [3.8, 4) is 16.3 Å². The molecule has 2 aromatic heterocycles. The Morgan fingerprint density at radius 2 is 1.88 bits per heavy atom. The largest absolute Gasteiger partial charge is 0.496 e. The SMILES string of the molecule is COc1ccccc1CNc1nc(C)c(-c2nc3ccccc3s2)c(NC2CCC(CO)C2)n1. The average molecular weight is 476 g/mol. The number of hydrogen-bond acceptors (Lipinski definition) is 8. The van der Waals surface area contributed by atoms with Crippen molar-refractivity contribution in [2.75, 3.05) is 24.4 Å². The van der Waals surface area contributed by atoms with Gasteiger partial charge in [0.15, 0.2) is 0 Å². The molecule has 1 aliphatic carbocycles. The number of aliphatic hydroxyl groups is 1. The minimum Gasteiger partial charge on any atom is -0.496 e. The van der Waals surface area contributed by atoms with Gasteiger partial charge in [-0.15, -0.1) is 11.3 Å². The van der Waals surface area contributed by atoms with Crippen LogP contribution in [0, 0.1) is 12.8 Å². The zero-order valence-electron chi connectivity index (χ0n) is 19.4. The Balaban J connectivity index is 1.48. The molecule has 0 aliphatic heterocycles. The van der Waals surface area contributed by atoms with Crippen molar-refractivity contribution < 1.29 is 9.84 Å². The number of rotatable bonds is 8. The molecular formula is C26H29N5O2S. The van der Waals surface area contributed by atoms with E-state index in [-0.39, 0.29) is 12.6 Å². The smallest absolute Gasteiger partial charge is 0.225 e. The predicted octanol–water partition coefficient (Wildman–Crippen LogP) is 5.26. The number of para-hydroxylation sites is 2. The molecule has 3 N–H and O–H groups in total. The Bertz CT molecular complexity index is 1260. The van der Waals surface area contributed by atoms with Crippen molar-refractivity contribution in [1.29, 1.82) is 0 Å². The van der Waals surface area contributed by atoms with Crippen LogP contribution in [0.25, 0.3) is 20.8 Å². The van der Waals surface area contributed by atoms with Crippen LogP contribution in [0.1, 0.15) is 30.5 Å². The number of aryl methyl sites for hydroxylation is 1. The monoisotopic (exact) mass is 475 g/mol. The fraction of sp³-hybridized carbons (Fsp3) is 0.346. The van der Waals surface area contributed by atoms with Crippen LogP contribution in [-0.2, 0) is 6.54 Å². The van der Waals surface area contributed by atoms with Crippen molar-refractivity contribution in [2.45, 2.75) is 38.8 Å². The van der Waals surface area contributed by atoms with Gasteiger partial charge >= 0.3 is 0 Å². The number of aliphatic hydroxyl groups excluding tert-OH is 1. The first-order valence-corrected chi connectivity index (χ1v) is 12.4. The summed E-state index contributed by atoms with van der Waals surface area (Å²) in [6, 6.07) is 16.4. The molecule has 2 unspecified atom stereocenters. The van der Waals surface area contributed by atoms with E-state index in [1.165, 1.54) is 0 Å². The standard InChI is InChI=1S/C26H29N5O2S/c1-16-23(25-30-20-8-4-6-10-22(20)34-25)24(29-19-12-11-17(13-19)15-32)31-26(28-16)27-14-18-7-3-5-9-21(18)33-2/h3-10,17,19,32H,11-15H2,1-2H3,(H2,27,28,29,31). The van der Waals surface area contributed by atoms with E-state index in [0.29, 0.717) is 18.4 Å². The first kappa shape index (κ1) is 22.6. The van der Waals surface area contributed by atoms with E-state index in [9.17, 15) is 5.11 Å². The van der Waals surface area contributed by atoms with Crippen molar-refractivity contribution >= 4 is 33.3 Å². The number of benzene rings is 2. The molecule has 0 amide bonds. The summed E-state index contributed by atoms with van der Waals surface area (Å²) in [5.74, 6) is 2.52. The molecule has 176 valence electrons. The highest BCUT2D eigenvalue weighted by atomic mass is 32.1. The van der Waals surface area contributed by atoms with Crippen molar-refractivity contribution in [3.63, 3.8) is 0 Å². The topological polar surface area (TPSA) is 92.2 Å². The lowest BCUT2D eigenvalue weighted by Gasteiger charge is -2.18. The molecule has 8 heteroatoms. The molecular weight excluding hydrogens is 446 g/mol. The third kappa shape index (κ3) is 4.69. The minimum atomic E-state index is 0.234. The molecule has 4 aromatic rings. The lowest BCUT2D eigenvalue weighted by Crippen LogP contribution is -2.19. The lowest BCUT2D eigenvalue weighted by molar-refractivity contribution is 0.229. The molecule has 2 aromatic carbocycles. The number of ether oxygens (including phenoxy) is 1.